The fourth-order valence-electron chi connectivity index (χ4n) is 3.71. The number of piperidine rings is 1. The van der Waals surface area contributed by atoms with Crippen LogP contribution in [0.25, 0.3) is 11.0 Å². The van der Waals surface area contributed by atoms with E-state index in [0.717, 1.165) is 25.9 Å². The molecule has 0 N–H and O–H groups in total. The van der Waals surface area contributed by atoms with Gasteiger partial charge in [-0.25, -0.2) is 9.37 Å². The molecule has 7 nitrogen and oxygen atoms in total. The molecule has 1 amide bonds. The molecule has 164 valence electrons. The molecular formula is C22H26FN5O2S. The SMILES string of the molecule is CCn1cc2nc(SCC(=O)N3CCC(C)CC3)n(Cc3ccccc3F)c(=O)c2n1. The summed E-state index contributed by atoms with van der Waals surface area (Å²) in [6, 6.07) is 6.35. The summed E-state index contributed by atoms with van der Waals surface area (Å²) in [6.45, 7) is 6.30. The number of amides is 1. The van der Waals surface area contributed by atoms with Crippen molar-refractivity contribution in [1.82, 2.24) is 24.2 Å². The standard InChI is InChI=1S/C22H26FN5O2S/c1-3-27-13-18-20(25-27)21(30)28(12-16-6-4-5-7-17(16)23)22(24-18)31-14-19(29)26-10-8-15(2)9-11-26/h4-7,13,15H,3,8-12,14H2,1-2H3. The van der Waals surface area contributed by atoms with Gasteiger partial charge in [-0.15, -0.1) is 0 Å². The Morgan fingerprint density at radius 3 is 2.71 bits per heavy atom. The van der Waals surface area contributed by atoms with E-state index < -0.39 is 0 Å². The van der Waals surface area contributed by atoms with Gasteiger partial charge in [-0.05, 0) is 31.7 Å². The van der Waals surface area contributed by atoms with Crippen molar-refractivity contribution in [2.45, 2.75) is 44.9 Å². The van der Waals surface area contributed by atoms with Crippen LogP contribution >= 0.6 is 11.8 Å². The third-order valence-corrected chi connectivity index (χ3v) is 6.67. The van der Waals surface area contributed by atoms with E-state index in [1.807, 2.05) is 11.8 Å². The van der Waals surface area contributed by atoms with Gasteiger partial charge in [0.25, 0.3) is 5.56 Å². The molecule has 0 spiro atoms. The zero-order valence-electron chi connectivity index (χ0n) is 17.8. The molecular weight excluding hydrogens is 417 g/mol. The van der Waals surface area contributed by atoms with Crippen molar-refractivity contribution in [2.24, 2.45) is 5.92 Å². The molecule has 0 atom stereocenters. The summed E-state index contributed by atoms with van der Waals surface area (Å²) in [4.78, 5) is 32.4. The first-order valence-corrected chi connectivity index (χ1v) is 11.6. The van der Waals surface area contributed by atoms with Crippen LogP contribution in [0.1, 0.15) is 32.3 Å². The fraction of sp³-hybridized carbons (Fsp3) is 0.455. The number of carbonyl (C=O) groups excluding carboxylic acids is 1. The predicted octanol–water partition coefficient (Wildman–Crippen LogP) is 3.15. The first-order valence-electron chi connectivity index (χ1n) is 10.6. The van der Waals surface area contributed by atoms with Crippen LogP contribution in [0, 0.1) is 11.7 Å². The first-order chi connectivity index (χ1) is 15.0. The normalized spacial score (nSPS) is 15.0. The second-order valence-electron chi connectivity index (χ2n) is 7.95. The van der Waals surface area contributed by atoms with E-state index in [-0.39, 0.29) is 35.1 Å². The largest absolute Gasteiger partial charge is 0.342 e. The number of nitrogens with zero attached hydrogens (tertiary/aromatic N) is 5. The van der Waals surface area contributed by atoms with Gasteiger partial charge in [0.1, 0.15) is 11.3 Å². The van der Waals surface area contributed by atoms with Gasteiger partial charge in [0.15, 0.2) is 10.7 Å². The minimum Gasteiger partial charge on any atom is -0.342 e. The van der Waals surface area contributed by atoms with Crippen molar-refractivity contribution in [3.8, 4) is 0 Å². The Bertz CT molecular complexity index is 1150. The van der Waals surface area contributed by atoms with Crippen molar-refractivity contribution in [3.63, 3.8) is 0 Å². The Labute approximate surface area is 184 Å². The number of likely N-dealkylation sites (tertiary alicyclic amines) is 1. The molecule has 3 heterocycles. The molecule has 0 unspecified atom stereocenters. The number of halogens is 1. The summed E-state index contributed by atoms with van der Waals surface area (Å²) >= 11 is 1.22. The van der Waals surface area contributed by atoms with Gasteiger partial charge in [-0.1, -0.05) is 36.9 Å². The molecule has 1 fully saturated rings. The molecule has 1 aliphatic rings. The van der Waals surface area contributed by atoms with Gasteiger partial charge in [0, 0.05) is 25.2 Å². The molecule has 3 aromatic rings. The molecule has 4 rings (SSSR count). The van der Waals surface area contributed by atoms with Crippen molar-refractivity contribution >= 4 is 28.7 Å². The molecule has 2 aromatic heterocycles. The smallest absolute Gasteiger partial charge is 0.282 e. The zero-order valence-corrected chi connectivity index (χ0v) is 18.6. The molecule has 0 aliphatic carbocycles. The second-order valence-corrected chi connectivity index (χ2v) is 8.89. The molecule has 9 heteroatoms. The summed E-state index contributed by atoms with van der Waals surface area (Å²) in [6.07, 6.45) is 3.74. The van der Waals surface area contributed by atoms with Crippen LogP contribution in [0.5, 0.6) is 0 Å². The van der Waals surface area contributed by atoms with Gasteiger partial charge in [-0.3, -0.25) is 18.8 Å². The average Bonchev–Trinajstić information content (AvgIpc) is 3.19. The number of aryl methyl sites for hydroxylation is 1. The lowest BCUT2D eigenvalue weighted by atomic mass is 9.99. The Hall–Kier alpha value is -2.68. The summed E-state index contributed by atoms with van der Waals surface area (Å²) in [5.41, 5.74) is 0.790. The minimum absolute atomic E-state index is 0.0329. The van der Waals surface area contributed by atoms with Crippen molar-refractivity contribution in [3.05, 3.63) is 52.2 Å². The van der Waals surface area contributed by atoms with Gasteiger partial charge in [0.05, 0.1) is 18.5 Å². The number of rotatable bonds is 6. The number of hydrogen-bond donors (Lipinski definition) is 0. The molecule has 0 saturated carbocycles. The number of carbonyl (C=O) groups is 1. The Morgan fingerprint density at radius 2 is 2.00 bits per heavy atom. The Morgan fingerprint density at radius 1 is 1.26 bits per heavy atom. The van der Waals surface area contributed by atoms with Crippen LogP contribution in [0.15, 0.2) is 40.4 Å². The van der Waals surface area contributed by atoms with E-state index in [9.17, 15) is 14.0 Å². The molecule has 0 radical (unpaired) electrons. The molecule has 1 aromatic carbocycles. The second kappa shape index (κ2) is 9.21. The van der Waals surface area contributed by atoms with Crippen molar-refractivity contribution < 1.29 is 9.18 Å². The lowest BCUT2D eigenvalue weighted by Crippen LogP contribution is -2.39. The first kappa shape index (κ1) is 21.5. The highest BCUT2D eigenvalue weighted by atomic mass is 32.2. The Kier molecular flexibility index (Phi) is 6.41. The number of fused-ring (bicyclic) bond motifs is 1. The summed E-state index contributed by atoms with van der Waals surface area (Å²) in [7, 11) is 0. The van der Waals surface area contributed by atoms with Crippen LogP contribution in [-0.4, -0.2) is 49.0 Å². The van der Waals surface area contributed by atoms with E-state index in [1.54, 1.807) is 29.1 Å². The topological polar surface area (TPSA) is 73.0 Å². The molecule has 1 saturated heterocycles. The third-order valence-electron chi connectivity index (χ3n) is 5.71. The summed E-state index contributed by atoms with van der Waals surface area (Å²) < 4.78 is 17.4. The zero-order chi connectivity index (χ0) is 22.0. The van der Waals surface area contributed by atoms with Crippen LogP contribution < -0.4 is 5.56 Å². The van der Waals surface area contributed by atoms with Crippen LogP contribution in [0.3, 0.4) is 0 Å². The summed E-state index contributed by atoms with van der Waals surface area (Å²) in [5, 5.41) is 4.71. The molecule has 1 aliphatic heterocycles. The van der Waals surface area contributed by atoms with E-state index >= 15 is 0 Å². The monoisotopic (exact) mass is 443 g/mol. The van der Waals surface area contributed by atoms with E-state index in [4.69, 9.17) is 0 Å². The lowest BCUT2D eigenvalue weighted by Gasteiger charge is -2.30. The third kappa shape index (κ3) is 4.66. The van der Waals surface area contributed by atoms with Crippen molar-refractivity contribution in [1.29, 1.82) is 0 Å². The lowest BCUT2D eigenvalue weighted by molar-refractivity contribution is -0.129. The highest BCUT2D eigenvalue weighted by molar-refractivity contribution is 7.99. The fourth-order valence-corrected chi connectivity index (χ4v) is 4.61. The number of benzene rings is 1. The highest BCUT2D eigenvalue weighted by Crippen LogP contribution is 2.22. The van der Waals surface area contributed by atoms with Crippen LogP contribution in [0.4, 0.5) is 4.39 Å². The maximum atomic E-state index is 14.3. The number of thioether (sulfide) groups is 1. The maximum Gasteiger partial charge on any atom is 0.282 e. The summed E-state index contributed by atoms with van der Waals surface area (Å²) in [5.74, 6) is 0.476. The van der Waals surface area contributed by atoms with E-state index in [1.165, 1.54) is 22.4 Å². The predicted molar refractivity (Wildman–Crippen MR) is 119 cm³/mol. The van der Waals surface area contributed by atoms with Crippen LogP contribution in [0.2, 0.25) is 0 Å². The molecule has 0 bridgehead atoms. The maximum absolute atomic E-state index is 14.3. The average molecular weight is 444 g/mol. The van der Waals surface area contributed by atoms with Crippen molar-refractivity contribution in [2.75, 3.05) is 18.8 Å². The number of aromatic nitrogens is 4. The van der Waals surface area contributed by atoms with Gasteiger partial charge in [0.2, 0.25) is 5.91 Å². The number of hydrogen-bond acceptors (Lipinski definition) is 5. The van der Waals surface area contributed by atoms with Gasteiger partial charge < -0.3 is 4.90 Å². The quantitative estimate of drug-likeness (QED) is 0.432. The molecule has 31 heavy (non-hydrogen) atoms. The van der Waals surface area contributed by atoms with Crippen LogP contribution in [-0.2, 0) is 17.9 Å². The van der Waals surface area contributed by atoms with Gasteiger partial charge in [-0.2, -0.15) is 5.10 Å². The Balaban J connectivity index is 1.64. The highest BCUT2D eigenvalue weighted by Gasteiger charge is 2.22. The minimum atomic E-state index is -0.386. The van der Waals surface area contributed by atoms with E-state index in [2.05, 4.69) is 17.0 Å². The van der Waals surface area contributed by atoms with Gasteiger partial charge >= 0.3 is 0 Å². The van der Waals surface area contributed by atoms with E-state index in [0.29, 0.717) is 28.7 Å².